The first-order valence-electron chi connectivity index (χ1n) is 9.43. The Morgan fingerprint density at radius 3 is 2.88 bits per heavy atom. The topological polar surface area (TPSA) is 29.5 Å². The van der Waals surface area contributed by atoms with Gasteiger partial charge < -0.3 is 14.4 Å². The summed E-state index contributed by atoms with van der Waals surface area (Å²) in [5, 5.41) is 0. The molecule has 0 bridgehead atoms. The van der Waals surface area contributed by atoms with E-state index in [1.54, 1.807) is 12.1 Å². The summed E-state index contributed by atoms with van der Waals surface area (Å²) in [4.78, 5) is 12.9. The zero-order valence-corrected chi connectivity index (χ0v) is 15.3. The van der Waals surface area contributed by atoms with Gasteiger partial charge in [-0.15, -0.1) is 0 Å². The average molecular weight is 355 g/mol. The van der Waals surface area contributed by atoms with Crippen molar-refractivity contribution in [2.24, 2.45) is 0 Å². The molecule has 1 aliphatic rings. The van der Waals surface area contributed by atoms with Crippen LogP contribution in [0.25, 0.3) is 0 Å². The van der Waals surface area contributed by atoms with Crippen molar-refractivity contribution >= 4 is 12.0 Å². The average Bonchev–Trinajstić information content (AvgIpc) is 2.66. The molecule has 0 unspecified atom stereocenters. The van der Waals surface area contributed by atoms with E-state index in [1.807, 2.05) is 0 Å². The maximum atomic E-state index is 14.1. The lowest BCUT2D eigenvalue weighted by Gasteiger charge is -2.31. The molecule has 26 heavy (non-hydrogen) atoms. The normalized spacial score (nSPS) is 13.4. The predicted molar refractivity (Wildman–Crippen MR) is 102 cm³/mol. The van der Waals surface area contributed by atoms with Crippen LogP contribution in [0.3, 0.4) is 0 Å². The minimum absolute atomic E-state index is 0.316. The Morgan fingerprint density at radius 2 is 2.12 bits per heavy atom. The Labute approximate surface area is 154 Å². The molecule has 0 spiro atoms. The number of benzene rings is 2. The summed E-state index contributed by atoms with van der Waals surface area (Å²) >= 11 is 0. The number of rotatable bonds is 8. The summed E-state index contributed by atoms with van der Waals surface area (Å²) in [5.41, 5.74) is 4.36. The van der Waals surface area contributed by atoms with Crippen molar-refractivity contribution in [2.45, 2.75) is 45.6 Å². The number of anilines is 1. The zero-order valence-electron chi connectivity index (χ0n) is 15.3. The molecule has 3 nitrogen and oxygen atoms in total. The van der Waals surface area contributed by atoms with E-state index in [-0.39, 0.29) is 5.82 Å². The van der Waals surface area contributed by atoms with Crippen molar-refractivity contribution in [3.63, 3.8) is 0 Å². The van der Waals surface area contributed by atoms with Gasteiger partial charge in [0.15, 0.2) is 0 Å². The highest BCUT2D eigenvalue weighted by molar-refractivity contribution is 5.57. The summed E-state index contributed by atoms with van der Waals surface area (Å²) in [6.07, 6.45) is 5.04. The van der Waals surface area contributed by atoms with Crippen LogP contribution in [0, 0.1) is 5.82 Å². The summed E-state index contributed by atoms with van der Waals surface area (Å²) in [6, 6.07) is 11.4. The third-order valence-electron chi connectivity index (χ3n) is 4.82. The molecule has 4 heteroatoms. The number of ether oxygens (including phenoxy) is 1. The minimum atomic E-state index is -0.316. The van der Waals surface area contributed by atoms with Gasteiger partial charge in [0.2, 0.25) is 0 Å². The van der Waals surface area contributed by atoms with Crippen LogP contribution in [0.2, 0.25) is 0 Å². The highest BCUT2D eigenvalue weighted by Gasteiger charge is 2.16. The van der Waals surface area contributed by atoms with Crippen molar-refractivity contribution in [3.05, 3.63) is 58.9 Å². The molecule has 0 atom stereocenters. The van der Waals surface area contributed by atoms with E-state index in [9.17, 15) is 9.18 Å². The maximum Gasteiger partial charge on any atom is 0.130 e. The van der Waals surface area contributed by atoms with Crippen LogP contribution in [0.4, 0.5) is 10.1 Å². The molecular weight excluding hydrogens is 329 g/mol. The Hall–Kier alpha value is -2.36. The van der Waals surface area contributed by atoms with Crippen molar-refractivity contribution in [2.75, 3.05) is 18.0 Å². The summed E-state index contributed by atoms with van der Waals surface area (Å²) < 4.78 is 19.8. The van der Waals surface area contributed by atoms with Gasteiger partial charge in [-0.05, 0) is 54.5 Å². The molecule has 0 radical (unpaired) electrons. The van der Waals surface area contributed by atoms with Crippen LogP contribution in [0.15, 0.2) is 36.4 Å². The summed E-state index contributed by atoms with van der Waals surface area (Å²) in [7, 11) is 0. The second kappa shape index (κ2) is 8.84. The second-order valence-electron chi connectivity index (χ2n) is 6.80. The molecule has 0 aromatic heterocycles. The van der Waals surface area contributed by atoms with Gasteiger partial charge in [-0.1, -0.05) is 25.1 Å². The van der Waals surface area contributed by atoms with E-state index in [2.05, 4.69) is 30.0 Å². The lowest BCUT2D eigenvalue weighted by atomic mass is 9.99. The molecular formula is C22H26FNO2. The van der Waals surface area contributed by atoms with Gasteiger partial charge in [0.1, 0.15) is 24.5 Å². The van der Waals surface area contributed by atoms with E-state index in [1.165, 1.54) is 23.7 Å². The fourth-order valence-electron chi connectivity index (χ4n) is 3.49. The monoisotopic (exact) mass is 355 g/mol. The summed E-state index contributed by atoms with van der Waals surface area (Å²) in [5.74, 6) is 0.199. The molecule has 3 rings (SSSR count). The molecule has 0 saturated heterocycles. The fourth-order valence-corrected chi connectivity index (χ4v) is 3.49. The Balaban J connectivity index is 1.67. The van der Waals surface area contributed by atoms with Crippen molar-refractivity contribution < 1.29 is 13.9 Å². The molecule has 0 N–H and O–H groups in total. The van der Waals surface area contributed by atoms with Gasteiger partial charge in [-0.25, -0.2) is 4.39 Å². The smallest absolute Gasteiger partial charge is 0.130 e. The van der Waals surface area contributed by atoms with Crippen LogP contribution in [-0.4, -0.2) is 19.4 Å². The first-order valence-corrected chi connectivity index (χ1v) is 9.43. The number of carbonyl (C=O) groups excluding carboxylic acids is 1. The molecule has 2 aromatic rings. The number of hydrogen-bond acceptors (Lipinski definition) is 3. The second-order valence-corrected chi connectivity index (χ2v) is 6.80. The van der Waals surface area contributed by atoms with E-state index >= 15 is 0 Å². The van der Waals surface area contributed by atoms with E-state index in [0.717, 1.165) is 37.8 Å². The number of carbonyl (C=O) groups is 1. The van der Waals surface area contributed by atoms with Crippen molar-refractivity contribution in [3.8, 4) is 5.75 Å². The third-order valence-corrected chi connectivity index (χ3v) is 4.82. The van der Waals surface area contributed by atoms with Crippen LogP contribution in [0.1, 0.15) is 42.9 Å². The maximum absolute atomic E-state index is 14.1. The molecule has 0 amide bonds. The largest absolute Gasteiger partial charge is 0.489 e. The molecule has 0 aliphatic carbocycles. The number of nitrogens with zero attached hydrogens (tertiary/aromatic N) is 1. The standard InChI is InChI=1S/C22H26FNO2/c1-2-11-24-12-3-5-19-8-7-17(14-22(19)24)16-26-20-10-9-18(6-4-13-25)21(23)15-20/h7-10,13-15H,2-6,11-12,16H2,1H3. The fraction of sp³-hybridized carbons (Fsp3) is 0.409. The molecule has 1 aliphatic heterocycles. The van der Waals surface area contributed by atoms with Crippen molar-refractivity contribution in [1.29, 1.82) is 0 Å². The van der Waals surface area contributed by atoms with E-state index < -0.39 is 0 Å². The van der Waals surface area contributed by atoms with Gasteiger partial charge in [0.05, 0.1) is 0 Å². The van der Waals surface area contributed by atoms with Gasteiger partial charge in [0, 0.05) is 31.3 Å². The Bertz CT molecular complexity index is 760. The Kier molecular flexibility index (Phi) is 6.26. The van der Waals surface area contributed by atoms with Crippen molar-refractivity contribution in [1.82, 2.24) is 0 Å². The molecule has 138 valence electrons. The van der Waals surface area contributed by atoms with Gasteiger partial charge in [-0.2, -0.15) is 0 Å². The van der Waals surface area contributed by atoms with E-state index in [0.29, 0.717) is 30.8 Å². The zero-order chi connectivity index (χ0) is 18.4. The van der Waals surface area contributed by atoms with Crippen LogP contribution < -0.4 is 9.64 Å². The van der Waals surface area contributed by atoms with Crippen LogP contribution in [-0.2, 0) is 24.2 Å². The predicted octanol–water partition coefficient (Wildman–Crippen LogP) is 4.70. The van der Waals surface area contributed by atoms with Crippen LogP contribution in [0.5, 0.6) is 5.75 Å². The molecule has 1 heterocycles. The Morgan fingerprint density at radius 1 is 1.23 bits per heavy atom. The summed E-state index contributed by atoms with van der Waals surface area (Å²) in [6.45, 7) is 4.80. The highest BCUT2D eigenvalue weighted by Crippen LogP contribution is 2.29. The first-order chi connectivity index (χ1) is 12.7. The number of hydrogen-bond donors (Lipinski definition) is 0. The minimum Gasteiger partial charge on any atom is -0.489 e. The third kappa shape index (κ3) is 4.43. The lowest BCUT2D eigenvalue weighted by Crippen LogP contribution is -2.30. The van der Waals surface area contributed by atoms with Gasteiger partial charge in [-0.3, -0.25) is 0 Å². The van der Waals surface area contributed by atoms with Crippen LogP contribution >= 0.6 is 0 Å². The molecule has 0 saturated carbocycles. The number of aryl methyl sites for hydroxylation is 2. The molecule has 2 aromatic carbocycles. The van der Waals surface area contributed by atoms with E-state index in [4.69, 9.17) is 4.74 Å². The number of fused-ring (bicyclic) bond motifs is 1. The highest BCUT2D eigenvalue weighted by atomic mass is 19.1. The SMILES string of the molecule is CCCN1CCCc2ccc(COc3ccc(CCC=O)c(F)c3)cc21. The quantitative estimate of drug-likeness (QED) is 0.643. The van der Waals surface area contributed by atoms with Gasteiger partial charge in [0.25, 0.3) is 0 Å². The first kappa shape index (κ1) is 18.4. The number of aldehydes is 1. The van der Waals surface area contributed by atoms with Gasteiger partial charge >= 0.3 is 0 Å². The molecule has 0 fully saturated rings. The lowest BCUT2D eigenvalue weighted by molar-refractivity contribution is -0.107. The number of halogens is 1.